The molecule has 20 heavy (non-hydrogen) atoms. The predicted molar refractivity (Wildman–Crippen MR) is 75.1 cm³/mol. The molecule has 0 saturated heterocycles. The van der Waals surface area contributed by atoms with Crippen molar-refractivity contribution in [1.82, 2.24) is 10.6 Å². The van der Waals surface area contributed by atoms with E-state index < -0.39 is 29.5 Å². The summed E-state index contributed by atoms with van der Waals surface area (Å²) in [5, 5.41) is 14.2. The molecule has 5 N–H and O–H groups in total. The van der Waals surface area contributed by atoms with Crippen LogP contribution >= 0.6 is 0 Å². The first-order valence-electron chi connectivity index (χ1n) is 6.85. The topological polar surface area (TPSA) is 122 Å². The predicted octanol–water partition coefficient (Wildman–Crippen LogP) is 0.829. The first-order chi connectivity index (χ1) is 9.23. The van der Waals surface area contributed by atoms with Crippen LogP contribution in [-0.2, 0) is 9.59 Å². The van der Waals surface area contributed by atoms with Crippen LogP contribution in [0.2, 0.25) is 0 Å². The van der Waals surface area contributed by atoms with Crippen molar-refractivity contribution in [1.29, 1.82) is 0 Å². The fourth-order valence-corrected chi connectivity index (χ4v) is 1.95. The second kappa shape index (κ2) is 7.72. The van der Waals surface area contributed by atoms with Gasteiger partial charge < -0.3 is 21.5 Å². The molecule has 3 amide bonds. The highest BCUT2D eigenvalue weighted by Gasteiger charge is 2.39. The molecule has 0 aliphatic carbocycles. The minimum absolute atomic E-state index is 0.150. The first-order valence-corrected chi connectivity index (χ1v) is 6.85. The van der Waals surface area contributed by atoms with Crippen LogP contribution in [-0.4, -0.2) is 34.6 Å². The number of amides is 3. The fourth-order valence-electron chi connectivity index (χ4n) is 1.95. The second-order valence-corrected chi connectivity index (χ2v) is 4.96. The number of hydrogen-bond donors (Lipinski definition) is 4. The van der Waals surface area contributed by atoms with E-state index >= 15 is 0 Å². The summed E-state index contributed by atoms with van der Waals surface area (Å²) in [5.41, 5.74) is 3.75. The largest absolute Gasteiger partial charge is 0.480 e. The maximum atomic E-state index is 12.3. The minimum atomic E-state index is -1.32. The smallest absolute Gasteiger partial charge is 0.329 e. The molecule has 116 valence electrons. The van der Waals surface area contributed by atoms with Crippen molar-refractivity contribution in [2.24, 2.45) is 11.7 Å². The number of carbonyl (C=O) groups is 3. The summed E-state index contributed by atoms with van der Waals surface area (Å²) >= 11 is 0. The maximum absolute atomic E-state index is 12.3. The fraction of sp³-hybridized carbons (Fsp3) is 0.769. The third kappa shape index (κ3) is 4.40. The number of aliphatic carboxylic acids is 1. The number of rotatable bonds is 8. The normalized spacial score (nSPS) is 14.2. The zero-order valence-electron chi connectivity index (χ0n) is 12.5. The summed E-state index contributed by atoms with van der Waals surface area (Å²) < 4.78 is 0. The Labute approximate surface area is 119 Å². The molecule has 0 heterocycles. The lowest BCUT2D eigenvalue weighted by Crippen LogP contribution is -2.60. The van der Waals surface area contributed by atoms with Crippen molar-refractivity contribution in [2.75, 3.05) is 0 Å². The van der Waals surface area contributed by atoms with Gasteiger partial charge in [0, 0.05) is 0 Å². The summed E-state index contributed by atoms with van der Waals surface area (Å²) in [7, 11) is 0. The number of carboxylic acid groups (broad SMARTS) is 1. The summed E-state index contributed by atoms with van der Waals surface area (Å²) in [6, 6.07) is -1.64. The average molecular weight is 287 g/mol. The molecule has 2 atom stereocenters. The molecule has 0 fully saturated rings. The highest BCUT2D eigenvalue weighted by molar-refractivity contribution is 5.91. The van der Waals surface area contributed by atoms with Crippen LogP contribution in [0.5, 0.6) is 0 Å². The lowest BCUT2D eigenvalue weighted by Gasteiger charge is -2.31. The zero-order chi connectivity index (χ0) is 15.9. The van der Waals surface area contributed by atoms with E-state index in [9.17, 15) is 19.5 Å². The first kappa shape index (κ1) is 18.2. The van der Waals surface area contributed by atoms with Crippen LogP contribution < -0.4 is 16.4 Å². The van der Waals surface area contributed by atoms with Crippen LogP contribution in [0.25, 0.3) is 0 Å². The quantitative estimate of drug-likeness (QED) is 0.528. The van der Waals surface area contributed by atoms with Crippen molar-refractivity contribution in [3.05, 3.63) is 0 Å². The molecular formula is C13H25N3O4. The Morgan fingerprint density at radius 3 is 2.00 bits per heavy atom. The molecule has 0 saturated carbocycles. The van der Waals surface area contributed by atoms with E-state index in [1.54, 1.807) is 20.8 Å². The number of carbonyl (C=O) groups excluding carboxylic acids is 2. The third-order valence-corrected chi connectivity index (χ3v) is 3.77. The van der Waals surface area contributed by atoms with Gasteiger partial charge in [0.1, 0.15) is 11.6 Å². The lowest BCUT2D eigenvalue weighted by molar-refractivity contribution is -0.148. The minimum Gasteiger partial charge on any atom is -0.480 e. The molecule has 0 aliphatic rings. The van der Waals surface area contributed by atoms with Gasteiger partial charge in [0.2, 0.25) is 5.91 Å². The molecule has 2 unspecified atom stereocenters. The Hall–Kier alpha value is -1.79. The number of hydrogen-bond acceptors (Lipinski definition) is 3. The van der Waals surface area contributed by atoms with Crippen molar-refractivity contribution in [2.45, 2.75) is 58.5 Å². The molecule has 0 rings (SSSR count). The van der Waals surface area contributed by atoms with Gasteiger partial charge in [0.15, 0.2) is 0 Å². The standard InChI is InChI=1S/C13H25N3O4/c1-5-8(4)9(15-12(14)20)10(17)16-13(6-2,7-3)11(18)19/h8-9H,5-7H2,1-4H3,(H,16,17)(H,18,19)(H3,14,15,20). The van der Waals surface area contributed by atoms with Crippen molar-refractivity contribution in [3.8, 4) is 0 Å². The molecule has 0 aromatic carbocycles. The molecule has 0 aromatic rings. The van der Waals surface area contributed by atoms with Crippen molar-refractivity contribution < 1.29 is 19.5 Å². The van der Waals surface area contributed by atoms with Crippen molar-refractivity contribution in [3.63, 3.8) is 0 Å². The number of urea groups is 1. The number of nitrogens with two attached hydrogens (primary N) is 1. The van der Waals surface area contributed by atoms with Gasteiger partial charge in [-0.05, 0) is 18.8 Å². The Morgan fingerprint density at radius 2 is 1.70 bits per heavy atom. The highest BCUT2D eigenvalue weighted by Crippen LogP contribution is 2.17. The number of carboxylic acids is 1. The number of nitrogens with one attached hydrogen (secondary N) is 2. The van der Waals surface area contributed by atoms with E-state index in [0.29, 0.717) is 6.42 Å². The van der Waals surface area contributed by atoms with Crippen molar-refractivity contribution >= 4 is 17.9 Å². The summed E-state index contributed by atoms with van der Waals surface area (Å²) in [4.78, 5) is 34.6. The van der Waals surface area contributed by atoms with Gasteiger partial charge in [-0.1, -0.05) is 34.1 Å². The van der Waals surface area contributed by atoms with Gasteiger partial charge in [-0.3, -0.25) is 4.79 Å². The van der Waals surface area contributed by atoms with Crippen LogP contribution in [0.4, 0.5) is 4.79 Å². The Kier molecular flexibility index (Phi) is 7.02. The zero-order valence-corrected chi connectivity index (χ0v) is 12.5. The Bertz CT molecular complexity index is 367. The van der Waals surface area contributed by atoms with Crippen LogP contribution in [0.3, 0.4) is 0 Å². The maximum Gasteiger partial charge on any atom is 0.329 e. The molecule has 0 aromatic heterocycles. The molecular weight excluding hydrogens is 262 g/mol. The summed E-state index contributed by atoms with van der Waals surface area (Å²) in [6.07, 6.45) is 1.17. The SMILES string of the molecule is CCC(C)C(NC(N)=O)C(=O)NC(CC)(CC)C(=O)O. The van der Waals surface area contributed by atoms with E-state index in [2.05, 4.69) is 10.6 Å². The van der Waals surface area contributed by atoms with E-state index in [-0.39, 0.29) is 18.8 Å². The Morgan fingerprint density at radius 1 is 1.20 bits per heavy atom. The average Bonchev–Trinajstić information content (AvgIpc) is 2.40. The van der Waals surface area contributed by atoms with Crippen LogP contribution in [0.15, 0.2) is 0 Å². The van der Waals surface area contributed by atoms with Gasteiger partial charge in [-0.2, -0.15) is 0 Å². The van der Waals surface area contributed by atoms with E-state index in [4.69, 9.17) is 5.73 Å². The third-order valence-electron chi connectivity index (χ3n) is 3.77. The molecule has 0 spiro atoms. The van der Waals surface area contributed by atoms with Crippen LogP contribution in [0.1, 0.15) is 47.0 Å². The van der Waals surface area contributed by atoms with Gasteiger partial charge in [-0.15, -0.1) is 0 Å². The monoisotopic (exact) mass is 287 g/mol. The van der Waals surface area contributed by atoms with Gasteiger partial charge in [0.05, 0.1) is 0 Å². The highest BCUT2D eigenvalue weighted by atomic mass is 16.4. The van der Waals surface area contributed by atoms with Gasteiger partial charge in [-0.25, -0.2) is 9.59 Å². The van der Waals surface area contributed by atoms with E-state index in [0.717, 1.165) is 0 Å². The summed E-state index contributed by atoms with van der Waals surface area (Å²) in [6.45, 7) is 7.05. The number of primary amides is 1. The molecule has 7 heteroatoms. The van der Waals surface area contributed by atoms with Gasteiger partial charge >= 0.3 is 12.0 Å². The lowest BCUT2D eigenvalue weighted by atomic mass is 9.91. The van der Waals surface area contributed by atoms with Crippen LogP contribution in [0, 0.1) is 5.92 Å². The summed E-state index contributed by atoms with van der Waals surface area (Å²) in [5.74, 6) is -1.76. The Balaban J connectivity index is 5.16. The molecule has 7 nitrogen and oxygen atoms in total. The molecule has 0 radical (unpaired) electrons. The molecule has 0 aliphatic heterocycles. The second-order valence-electron chi connectivity index (χ2n) is 4.96. The molecule has 0 bridgehead atoms. The van der Waals surface area contributed by atoms with E-state index in [1.165, 1.54) is 0 Å². The van der Waals surface area contributed by atoms with Gasteiger partial charge in [0.25, 0.3) is 0 Å². The van der Waals surface area contributed by atoms with E-state index in [1.807, 2.05) is 6.92 Å².